The normalized spacial score (nSPS) is 12.2. The van der Waals surface area contributed by atoms with Crippen LogP contribution in [0.4, 0.5) is 0 Å². The van der Waals surface area contributed by atoms with Crippen LogP contribution in [-0.4, -0.2) is 25.5 Å². The van der Waals surface area contributed by atoms with Gasteiger partial charge in [0.1, 0.15) is 0 Å². The molecule has 6 nitrogen and oxygen atoms in total. The number of aryl methyl sites for hydroxylation is 2. The van der Waals surface area contributed by atoms with E-state index in [1.54, 1.807) is 17.1 Å². The van der Waals surface area contributed by atoms with Gasteiger partial charge in [0, 0.05) is 29.0 Å². The topological polar surface area (TPSA) is 64.7 Å². The van der Waals surface area contributed by atoms with Crippen molar-refractivity contribution in [1.29, 1.82) is 0 Å². The van der Waals surface area contributed by atoms with E-state index in [0.717, 1.165) is 27.1 Å². The second kappa shape index (κ2) is 6.84. The number of amides is 1. The Bertz CT molecular complexity index is 910. The minimum atomic E-state index is -0.154. The fourth-order valence-corrected chi connectivity index (χ4v) is 3.21. The fraction of sp³-hybridized carbons (Fsp3) is 0.278. The molecule has 0 saturated heterocycles. The number of rotatable bonds is 4. The molecule has 130 valence electrons. The van der Waals surface area contributed by atoms with E-state index in [9.17, 15) is 4.79 Å². The molecule has 7 heteroatoms. The zero-order chi connectivity index (χ0) is 18.1. The van der Waals surface area contributed by atoms with Crippen LogP contribution in [0.15, 0.2) is 41.1 Å². The van der Waals surface area contributed by atoms with E-state index in [-0.39, 0.29) is 11.9 Å². The van der Waals surface area contributed by atoms with Gasteiger partial charge in [-0.3, -0.25) is 9.48 Å². The lowest BCUT2D eigenvalue weighted by molar-refractivity contribution is 0.0939. The fourth-order valence-electron chi connectivity index (χ4n) is 2.94. The van der Waals surface area contributed by atoms with Crippen molar-refractivity contribution in [3.63, 3.8) is 0 Å². The third-order valence-corrected chi connectivity index (χ3v) is 4.81. The molecule has 3 aromatic rings. The molecule has 1 atom stereocenters. The molecular weight excluding hydrogens is 382 g/mol. The molecule has 0 aliphatic carbocycles. The van der Waals surface area contributed by atoms with Gasteiger partial charge in [-0.05, 0) is 45.0 Å². The van der Waals surface area contributed by atoms with Crippen LogP contribution < -0.4 is 5.32 Å². The minimum Gasteiger partial charge on any atom is -0.345 e. The molecule has 25 heavy (non-hydrogen) atoms. The second-order valence-electron chi connectivity index (χ2n) is 6.05. The third-order valence-electron chi connectivity index (χ3n) is 4.28. The van der Waals surface area contributed by atoms with Gasteiger partial charge in [0.25, 0.3) is 5.91 Å². The molecule has 0 saturated carbocycles. The third kappa shape index (κ3) is 3.51. The Morgan fingerprint density at radius 2 is 1.92 bits per heavy atom. The number of hydrogen-bond acceptors (Lipinski definition) is 3. The van der Waals surface area contributed by atoms with Gasteiger partial charge in [-0.1, -0.05) is 15.9 Å². The first-order valence-corrected chi connectivity index (χ1v) is 8.77. The summed E-state index contributed by atoms with van der Waals surface area (Å²) in [5.41, 5.74) is 4.45. The largest absolute Gasteiger partial charge is 0.345 e. The Morgan fingerprint density at radius 3 is 2.52 bits per heavy atom. The summed E-state index contributed by atoms with van der Waals surface area (Å²) in [4.78, 5) is 12.6. The Hall–Kier alpha value is -2.41. The molecule has 1 N–H and O–H groups in total. The molecule has 0 aliphatic rings. The number of hydrogen-bond donors (Lipinski definition) is 1. The van der Waals surface area contributed by atoms with Crippen LogP contribution in [-0.2, 0) is 7.05 Å². The summed E-state index contributed by atoms with van der Waals surface area (Å²) in [5, 5.41) is 11.7. The van der Waals surface area contributed by atoms with Gasteiger partial charge in [0.15, 0.2) is 0 Å². The monoisotopic (exact) mass is 401 g/mol. The Morgan fingerprint density at radius 1 is 1.24 bits per heavy atom. The number of benzene rings is 1. The molecule has 1 aromatic carbocycles. The number of nitrogens with zero attached hydrogens (tertiary/aromatic N) is 4. The van der Waals surface area contributed by atoms with Crippen molar-refractivity contribution in [2.45, 2.75) is 26.8 Å². The predicted molar refractivity (Wildman–Crippen MR) is 99.8 cm³/mol. The number of carbonyl (C=O) groups excluding carboxylic acids is 1. The van der Waals surface area contributed by atoms with Crippen LogP contribution in [0.25, 0.3) is 5.69 Å². The summed E-state index contributed by atoms with van der Waals surface area (Å²) >= 11 is 3.41. The van der Waals surface area contributed by atoms with Gasteiger partial charge in [0.05, 0.1) is 29.2 Å². The van der Waals surface area contributed by atoms with E-state index in [1.807, 2.05) is 56.8 Å². The van der Waals surface area contributed by atoms with Gasteiger partial charge in [-0.2, -0.15) is 10.2 Å². The summed E-state index contributed by atoms with van der Waals surface area (Å²) < 4.78 is 4.52. The lowest BCUT2D eigenvalue weighted by Gasteiger charge is -2.14. The number of nitrogens with one attached hydrogen (secondary N) is 1. The van der Waals surface area contributed by atoms with Gasteiger partial charge in [-0.15, -0.1) is 0 Å². The highest BCUT2D eigenvalue weighted by molar-refractivity contribution is 9.10. The zero-order valence-electron chi connectivity index (χ0n) is 14.6. The first-order chi connectivity index (χ1) is 11.9. The van der Waals surface area contributed by atoms with Crippen LogP contribution in [0.2, 0.25) is 0 Å². The number of aromatic nitrogens is 4. The van der Waals surface area contributed by atoms with Crippen molar-refractivity contribution in [2.24, 2.45) is 7.05 Å². The maximum Gasteiger partial charge on any atom is 0.254 e. The SMILES string of the molecule is Cc1nn(C)c(C)c1C(C)NC(=O)c1cnn(-c2ccc(Br)cc2)c1. The molecule has 0 radical (unpaired) electrons. The molecule has 1 amide bonds. The number of halogens is 1. The predicted octanol–water partition coefficient (Wildman–Crippen LogP) is 3.48. The smallest absolute Gasteiger partial charge is 0.254 e. The van der Waals surface area contributed by atoms with E-state index in [0.29, 0.717) is 5.56 Å². The summed E-state index contributed by atoms with van der Waals surface area (Å²) in [5.74, 6) is -0.154. The van der Waals surface area contributed by atoms with Crippen molar-refractivity contribution in [3.05, 3.63) is 63.6 Å². The van der Waals surface area contributed by atoms with Crippen LogP contribution in [0.5, 0.6) is 0 Å². The number of carbonyl (C=O) groups is 1. The summed E-state index contributed by atoms with van der Waals surface area (Å²) in [6.07, 6.45) is 3.31. The molecule has 0 bridgehead atoms. The molecule has 3 rings (SSSR count). The van der Waals surface area contributed by atoms with Crippen molar-refractivity contribution in [2.75, 3.05) is 0 Å². The highest BCUT2D eigenvalue weighted by Gasteiger charge is 2.19. The van der Waals surface area contributed by atoms with E-state index in [4.69, 9.17) is 0 Å². The Balaban J connectivity index is 1.76. The second-order valence-corrected chi connectivity index (χ2v) is 6.97. The van der Waals surface area contributed by atoms with Crippen molar-refractivity contribution in [1.82, 2.24) is 24.9 Å². The van der Waals surface area contributed by atoms with E-state index in [2.05, 4.69) is 31.4 Å². The Kier molecular flexibility index (Phi) is 4.76. The van der Waals surface area contributed by atoms with Crippen molar-refractivity contribution >= 4 is 21.8 Å². The van der Waals surface area contributed by atoms with Gasteiger partial charge >= 0.3 is 0 Å². The lowest BCUT2D eigenvalue weighted by Crippen LogP contribution is -2.27. The van der Waals surface area contributed by atoms with Crippen molar-refractivity contribution < 1.29 is 4.79 Å². The molecule has 0 fully saturated rings. The average Bonchev–Trinajstić information content (AvgIpc) is 3.14. The van der Waals surface area contributed by atoms with Crippen LogP contribution in [0.1, 0.15) is 40.3 Å². The van der Waals surface area contributed by atoms with Crippen LogP contribution >= 0.6 is 15.9 Å². The summed E-state index contributed by atoms with van der Waals surface area (Å²) in [6.45, 7) is 5.92. The van der Waals surface area contributed by atoms with Crippen LogP contribution in [0, 0.1) is 13.8 Å². The summed E-state index contributed by atoms with van der Waals surface area (Å²) in [7, 11) is 1.91. The van der Waals surface area contributed by atoms with E-state index >= 15 is 0 Å². The quantitative estimate of drug-likeness (QED) is 0.727. The van der Waals surface area contributed by atoms with Gasteiger partial charge in [-0.25, -0.2) is 4.68 Å². The minimum absolute atomic E-state index is 0.128. The van der Waals surface area contributed by atoms with Crippen molar-refractivity contribution in [3.8, 4) is 5.69 Å². The standard InChI is InChI=1S/C18H20BrN5O/c1-11(17-12(2)22-23(4)13(17)3)21-18(25)14-9-20-24(10-14)16-7-5-15(19)6-8-16/h5-11H,1-4H3,(H,21,25). The zero-order valence-corrected chi connectivity index (χ0v) is 16.2. The van der Waals surface area contributed by atoms with E-state index < -0.39 is 0 Å². The van der Waals surface area contributed by atoms with E-state index in [1.165, 1.54) is 0 Å². The van der Waals surface area contributed by atoms with Gasteiger partial charge in [0.2, 0.25) is 0 Å². The highest BCUT2D eigenvalue weighted by Crippen LogP contribution is 2.21. The lowest BCUT2D eigenvalue weighted by atomic mass is 10.1. The molecular formula is C18H20BrN5O. The van der Waals surface area contributed by atoms with Gasteiger partial charge < -0.3 is 5.32 Å². The molecule has 2 aromatic heterocycles. The molecule has 2 heterocycles. The average molecular weight is 402 g/mol. The molecule has 0 spiro atoms. The maximum absolute atomic E-state index is 12.6. The molecule has 1 unspecified atom stereocenters. The Labute approximate surface area is 155 Å². The first kappa shape index (κ1) is 17.4. The van der Waals surface area contributed by atoms with Crippen LogP contribution in [0.3, 0.4) is 0 Å². The summed E-state index contributed by atoms with van der Waals surface area (Å²) in [6, 6.07) is 7.62. The maximum atomic E-state index is 12.6. The first-order valence-electron chi connectivity index (χ1n) is 7.98. The highest BCUT2D eigenvalue weighted by atomic mass is 79.9. The molecule has 0 aliphatic heterocycles.